The minimum atomic E-state index is -0.368. The van der Waals surface area contributed by atoms with Gasteiger partial charge in [-0.3, -0.25) is 4.79 Å². The van der Waals surface area contributed by atoms with Crippen LogP contribution in [-0.2, 0) is 0 Å². The predicted molar refractivity (Wildman–Crippen MR) is 98.2 cm³/mol. The Morgan fingerprint density at radius 2 is 2.00 bits per heavy atom. The molecule has 2 rings (SSSR count). The molecule has 24 heavy (non-hydrogen) atoms. The summed E-state index contributed by atoms with van der Waals surface area (Å²) >= 11 is 5.85. The van der Waals surface area contributed by atoms with Crippen molar-refractivity contribution in [3.63, 3.8) is 0 Å². The maximum atomic E-state index is 11.9. The zero-order valence-corrected chi connectivity index (χ0v) is 14.4. The number of phenolic OH excluding ortho intramolecular Hbond substituents is 1. The first-order valence-corrected chi connectivity index (χ1v) is 8.09. The molecule has 2 aromatic carbocycles. The minimum Gasteiger partial charge on any atom is -0.507 e. The molecule has 2 N–H and O–H groups in total. The summed E-state index contributed by atoms with van der Waals surface area (Å²) in [7, 11) is 0. The zero-order chi connectivity index (χ0) is 17.5. The largest absolute Gasteiger partial charge is 0.507 e. The quantitative estimate of drug-likeness (QED) is 0.620. The van der Waals surface area contributed by atoms with Gasteiger partial charge in [-0.1, -0.05) is 17.7 Å². The van der Waals surface area contributed by atoms with Crippen LogP contribution in [0.1, 0.15) is 29.8 Å². The van der Waals surface area contributed by atoms with Crippen molar-refractivity contribution in [1.29, 1.82) is 0 Å². The fraction of sp³-hybridized carbons (Fsp3) is 0.222. The molecular formula is C18H20ClN3O2. The van der Waals surface area contributed by atoms with Crippen LogP contribution in [0.3, 0.4) is 0 Å². The summed E-state index contributed by atoms with van der Waals surface area (Å²) in [5.74, 6) is -0.256. The van der Waals surface area contributed by atoms with Gasteiger partial charge >= 0.3 is 0 Å². The van der Waals surface area contributed by atoms with E-state index < -0.39 is 0 Å². The van der Waals surface area contributed by atoms with Crippen LogP contribution in [0.2, 0.25) is 5.02 Å². The molecule has 0 fully saturated rings. The van der Waals surface area contributed by atoms with Crippen molar-refractivity contribution in [2.24, 2.45) is 5.10 Å². The number of nitrogens with one attached hydrogen (secondary N) is 1. The van der Waals surface area contributed by atoms with Gasteiger partial charge in [0.05, 0.1) is 6.21 Å². The number of halogens is 1. The van der Waals surface area contributed by atoms with E-state index in [1.807, 2.05) is 6.07 Å². The average molecular weight is 346 g/mol. The van der Waals surface area contributed by atoms with Crippen molar-refractivity contribution >= 4 is 29.4 Å². The van der Waals surface area contributed by atoms with E-state index in [-0.39, 0.29) is 11.7 Å². The highest BCUT2D eigenvalue weighted by atomic mass is 35.5. The molecule has 0 bridgehead atoms. The Kier molecular flexibility index (Phi) is 6.21. The lowest BCUT2D eigenvalue weighted by atomic mass is 10.2. The number of hydrogen-bond donors (Lipinski definition) is 2. The fourth-order valence-electron chi connectivity index (χ4n) is 2.28. The molecule has 2 aromatic rings. The van der Waals surface area contributed by atoms with Crippen LogP contribution in [0.15, 0.2) is 47.6 Å². The molecule has 6 heteroatoms. The Hall–Kier alpha value is -2.53. The van der Waals surface area contributed by atoms with Gasteiger partial charge in [0.2, 0.25) is 0 Å². The number of nitrogens with zero attached hydrogens (tertiary/aromatic N) is 2. The van der Waals surface area contributed by atoms with E-state index in [0.717, 1.165) is 18.8 Å². The second-order valence-electron chi connectivity index (χ2n) is 5.12. The van der Waals surface area contributed by atoms with Gasteiger partial charge in [0.25, 0.3) is 5.91 Å². The lowest BCUT2D eigenvalue weighted by Gasteiger charge is -2.21. The average Bonchev–Trinajstić information content (AvgIpc) is 2.57. The summed E-state index contributed by atoms with van der Waals surface area (Å²) in [6, 6.07) is 11.9. The Morgan fingerprint density at radius 1 is 1.25 bits per heavy atom. The number of amides is 1. The summed E-state index contributed by atoms with van der Waals surface area (Å²) in [6.45, 7) is 5.83. The van der Waals surface area contributed by atoms with Crippen molar-refractivity contribution < 1.29 is 9.90 Å². The summed E-state index contributed by atoms with van der Waals surface area (Å²) in [5.41, 5.74) is 4.30. The van der Waals surface area contributed by atoms with Crippen LogP contribution < -0.4 is 10.3 Å². The Morgan fingerprint density at radius 3 is 2.62 bits per heavy atom. The molecule has 0 aliphatic heterocycles. The topological polar surface area (TPSA) is 64.9 Å². The standard InChI is InChI=1S/C18H20ClN3O2/c1-3-22(4-2)16-9-8-14(17(23)11-16)12-20-21-18(24)13-6-5-7-15(19)10-13/h5-12,23H,3-4H2,1-2H3,(H,21,24)/b20-12-. The van der Waals surface area contributed by atoms with Gasteiger partial charge in [-0.2, -0.15) is 5.10 Å². The minimum absolute atomic E-state index is 0.111. The Bertz CT molecular complexity index is 743. The number of rotatable bonds is 6. The van der Waals surface area contributed by atoms with Gasteiger partial charge in [0, 0.05) is 41.0 Å². The number of aromatic hydroxyl groups is 1. The summed E-state index contributed by atoms with van der Waals surface area (Å²) < 4.78 is 0. The zero-order valence-electron chi connectivity index (χ0n) is 13.7. The molecular weight excluding hydrogens is 326 g/mol. The highest BCUT2D eigenvalue weighted by molar-refractivity contribution is 6.30. The number of phenols is 1. The smallest absolute Gasteiger partial charge is 0.271 e. The van der Waals surface area contributed by atoms with Gasteiger partial charge in [-0.05, 0) is 44.2 Å². The molecule has 0 radical (unpaired) electrons. The molecule has 1 amide bonds. The third-order valence-corrected chi connectivity index (χ3v) is 3.83. The van der Waals surface area contributed by atoms with Crippen LogP contribution in [0.25, 0.3) is 0 Å². The Balaban J connectivity index is 2.05. The molecule has 0 aliphatic carbocycles. The van der Waals surface area contributed by atoms with E-state index in [1.54, 1.807) is 36.4 Å². The molecule has 0 spiro atoms. The molecule has 0 aliphatic rings. The highest BCUT2D eigenvalue weighted by Crippen LogP contribution is 2.23. The molecule has 0 atom stereocenters. The van der Waals surface area contributed by atoms with Gasteiger partial charge in [0.15, 0.2) is 0 Å². The highest BCUT2D eigenvalue weighted by Gasteiger charge is 2.07. The van der Waals surface area contributed by atoms with Crippen molar-refractivity contribution in [1.82, 2.24) is 5.43 Å². The molecule has 0 saturated carbocycles. The van der Waals surface area contributed by atoms with Crippen LogP contribution in [0.5, 0.6) is 5.75 Å². The SMILES string of the molecule is CCN(CC)c1ccc(/C=N\NC(=O)c2cccc(Cl)c2)c(O)c1. The van der Waals surface area contributed by atoms with E-state index in [4.69, 9.17) is 11.6 Å². The van der Waals surface area contributed by atoms with Crippen molar-refractivity contribution in [3.8, 4) is 5.75 Å². The summed E-state index contributed by atoms with van der Waals surface area (Å²) in [5, 5.41) is 14.5. The van der Waals surface area contributed by atoms with Crippen molar-refractivity contribution in [3.05, 3.63) is 58.6 Å². The number of carbonyl (C=O) groups is 1. The van der Waals surface area contributed by atoms with Crippen molar-refractivity contribution in [2.75, 3.05) is 18.0 Å². The van der Waals surface area contributed by atoms with E-state index in [1.165, 1.54) is 6.21 Å². The monoisotopic (exact) mass is 345 g/mol. The molecule has 0 unspecified atom stereocenters. The van der Waals surface area contributed by atoms with E-state index in [0.29, 0.717) is 16.1 Å². The number of hydrazone groups is 1. The second-order valence-corrected chi connectivity index (χ2v) is 5.56. The van der Waals surface area contributed by atoms with E-state index in [2.05, 4.69) is 29.3 Å². The lowest BCUT2D eigenvalue weighted by Crippen LogP contribution is -2.21. The normalized spacial score (nSPS) is 10.8. The van der Waals surface area contributed by atoms with E-state index in [9.17, 15) is 9.90 Å². The fourth-order valence-corrected chi connectivity index (χ4v) is 2.47. The lowest BCUT2D eigenvalue weighted by molar-refractivity contribution is 0.0955. The Labute approximate surface area is 146 Å². The first kappa shape index (κ1) is 17.8. The van der Waals surface area contributed by atoms with Gasteiger partial charge in [-0.25, -0.2) is 5.43 Å². The number of anilines is 1. The second kappa shape index (κ2) is 8.36. The first-order valence-electron chi connectivity index (χ1n) is 7.72. The van der Waals surface area contributed by atoms with Crippen molar-refractivity contribution in [2.45, 2.75) is 13.8 Å². The first-order chi connectivity index (χ1) is 11.5. The van der Waals surface area contributed by atoms with Crippen LogP contribution >= 0.6 is 11.6 Å². The molecule has 5 nitrogen and oxygen atoms in total. The van der Waals surface area contributed by atoms with Crippen LogP contribution in [-0.4, -0.2) is 30.3 Å². The van der Waals surface area contributed by atoms with Crippen LogP contribution in [0, 0.1) is 0 Å². The number of carbonyl (C=O) groups excluding carboxylic acids is 1. The molecule has 0 heterocycles. The van der Waals surface area contributed by atoms with Gasteiger partial charge in [0.1, 0.15) is 5.75 Å². The predicted octanol–water partition coefficient (Wildman–Crippen LogP) is 3.66. The van der Waals surface area contributed by atoms with E-state index >= 15 is 0 Å². The van der Waals surface area contributed by atoms with Crippen LogP contribution in [0.4, 0.5) is 5.69 Å². The molecule has 126 valence electrons. The summed E-state index contributed by atoms with van der Waals surface area (Å²) in [4.78, 5) is 14.1. The van der Waals surface area contributed by atoms with Gasteiger partial charge in [-0.15, -0.1) is 0 Å². The van der Waals surface area contributed by atoms with Gasteiger partial charge < -0.3 is 10.0 Å². The maximum Gasteiger partial charge on any atom is 0.271 e. The maximum absolute atomic E-state index is 11.9. The number of hydrogen-bond acceptors (Lipinski definition) is 4. The summed E-state index contributed by atoms with van der Waals surface area (Å²) in [6.07, 6.45) is 1.41. The third-order valence-electron chi connectivity index (χ3n) is 3.60. The molecule has 0 aromatic heterocycles. The molecule has 0 saturated heterocycles. The third kappa shape index (κ3) is 4.49. The number of benzene rings is 2.